The highest BCUT2D eigenvalue weighted by atomic mass is 35.5. The zero-order chi connectivity index (χ0) is 19.2. The van der Waals surface area contributed by atoms with E-state index in [0.29, 0.717) is 18.1 Å². The number of nitrogens with zero attached hydrogens (tertiary/aromatic N) is 3. The molecule has 1 aliphatic carbocycles. The summed E-state index contributed by atoms with van der Waals surface area (Å²) < 4.78 is 6.98. The molecule has 5 rings (SSSR count). The van der Waals surface area contributed by atoms with Crippen LogP contribution in [0.5, 0.6) is 0 Å². The number of thiazole rings is 1. The molecule has 0 spiro atoms. The Morgan fingerprint density at radius 1 is 1.07 bits per heavy atom. The zero-order valence-electron chi connectivity index (χ0n) is 16.2. The van der Waals surface area contributed by atoms with E-state index in [1.807, 2.05) is 30.3 Å². The van der Waals surface area contributed by atoms with Crippen molar-refractivity contribution in [1.29, 1.82) is 0 Å². The summed E-state index contributed by atoms with van der Waals surface area (Å²) >= 11 is 1.72. The Hall–Kier alpha value is -2.28. The van der Waals surface area contributed by atoms with E-state index in [9.17, 15) is 0 Å². The maximum Gasteiger partial charge on any atom is 0.237 e. The third kappa shape index (κ3) is 3.45. The first kappa shape index (κ1) is 20.0. The summed E-state index contributed by atoms with van der Waals surface area (Å²) in [5, 5.41) is 5.31. The van der Waals surface area contributed by atoms with Gasteiger partial charge in [-0.1, -0.05) is 47.6 Å². The first-order valence-corrected chi connectivity index (χ1v) is 10.4. The minimum atomic E-state index is -0.472. The van der Waals surface area contributed by atoms with Crippen molar-refractivity contribution in [3.63, 3.8) is 0 Å². The predicted molar refractivity (Wildman–Crippen MR) is 117 cm³/mol. The van der Waals surface area contributed by atoms with Crippen LogP contribution in [0, 0.1) is 0 Å². The molecule has 0 aliphatic heterocycles. The molecule has 0 amide bonds. The lowest BCUT2D eigenvalue weighted by Gasteiger charge is -2.34. The highest BCUT2D eigenvalue weighted by Crippen LogP contribution is 2.40. The number of para-hydroxylation sites is 1. The van der Waals surface area contributed by atoms with Crippen LogP contribution in [0.1, 0.15) is 48.5 Å². The average Bonchev–Trinajstić information content (AvgIpc) is 3.34. The number of hydrogen-bond donors (Lipinski definition) is 1. The lowest BCUT2D eigenvalue weighted by molar-refractivity contribution is 0.227. The Kier molecular flexibility index (Phi) is 5.19. The van der Waals surface area contributed by atoms with Gasteiger partial charge in [0.05, 0.1) is 26.2 Å². The molecule has 2 N–H and O–H groups in total. The normalized spacial score (nSPS) is 17.3. The van der Waals surface area contributed by atoms with Gasteiger partial charge < -0.3 is 10.3 Å². The highest BCUT2D eigenvalue weighted by Gasteiger charge is 2.42. The smallest absolute Gasteiger partial charge is 0.237 e. The molecule has 1 saturated carbocycles. The lowest BCUT2D eigenvalue weighted by atomic mass is 9.76. The quantitative estimate of drug-likeness (QED) is 0.486. The van der Waals surface area contributed by atoms with Crippen LogP contribution >= 0.6 is 23.7 Å². The van der Waals surface area contributed by atoms with Crippen LogP contribution in [0.4, 0.5) is 0 Å². The van der Waals surface area contributed by atoms with Gasteiger partial charge in [-0.3, -0.25) is 0 Å². The molecule has 1 unspecified atom stereocenters. The lowest BCUT2D eigenvalue weighted by Crippen LogP contribution is -2.44. The van der Waals surface area contributed by atoms with Crippen LogP contribution < -0.4 is 5.73 Å². The summed E-state index contributed by atoms with van der Waals surface area (Å²) in [7, 11) is 0. The summed E-state index contributed by atoms with van der Waals surface area (Å²) in [5.74, 6) is 1.23. The second-order valence-corrected chi connectivity index (χ2v) is 9.00. The van der Waals surface area contributed by atoms with E-state index in [2.05, 4.69) is 36.3 Å². The van der Waals surface area contributed by atoms with Crippen LogP contribution in [-0.4, -0.2) is 15.1 Å². The molecule has 2 aromatic carbocycles. The van der Waals surface area contributed by atoms with E-state index in [-0.39, 0.29) is 12.4 Å². The maximum absolute atomic E-state index is 6.43. The van der Waals surface area contributed by atoms with Gasteiger partial charge in [-0.05, 0) is 43.9 Å². The monoisotopic (exact) mass is 426 g/mol. The van der Waals surface area contributed by atoms with Crippen LogP contribution in [-0.2, 0) is 17.4 Å². The van der Waals surface area contributed by atoms with Crippen molar-refractivity contribution in [3.05, 3.63) is 76.9 Å². The van der Waals surface area contributed by atoms with E-state index in [0.717, 1.165) is 35.4 Å². The van der Waals surface area contributed by atoms with Crippen LogP contribution in [0.2, 0.25) is 0 Å². The van der Waals surface area contributed by atoms with Crippen molar-refractivity contribution in [2.75, 3.05) is 0 Å². The summed E-state index contributed by atoms with van der Waals surface area (Å²) in [5.41, 5.74) is 7.68. The summed E-state index contributed by atoms with van der Waals surface area (Å²) in [6.07, 6.45) is 3.62. The second kappa shape index (κ2) is 7.52. The van der Waals surface area contributed by atoms with Gasteiger partial charge in [0.15, 0.2) is 5.82 Å². The van der Waals surface area contributed by atoms with Gasteiger partial charge in [0.2, 0.25) is 5.89 Å². The van der Waals surface area contributed by atoms with E-state index >= 15 is 0 Å². The Balaban J connectivity index is 0.00000205. The molecule has 1 fully saturated rings. The SMILES string of the molecule is CC(Cc1nc2ccccc2s1)(c1ccccc1)c1nc(C2(N)CCC2)no1.Cl. The van der Waals surface area contributed by atoms with E-state index in [4.69, 9.17) is 20.2 Å². The molecule has 2 aromatic heterocycles. The number of halogens is 1. The van der Waals surface area contributed by atoms with Gasteiger partial charge in [0, 0.05) is 6.42 Å². The maximum atomic E-state index is 6.43. The zero-order valence-corrected chi connectivity index (χ0v) is 17.8. The third-order valence-electron chi connectivity index (χ3n) is 5.84. The Bertz CT molecular complexity index is 1090. The standard InChI is InChI=1S/C22H22N4OS.ClH/c1-21(15-8-3-2-4-9-15,14-18-24-16-10-5-6-11-17(16)28-18)20-25-19(26-27-20)22(23)12-7-13-22;/h2-6,8-11H,7,12-14,23H2,1H3;1H. The highest BCUT2D eigenvalue weighted by molar-refractivity contribution is 7.18. The van der Waals surface area contributed by atoms with Crippen molar-refractivity contribution < 1.29 is 4.52 Å². The van der Waals surface area contributed by atoms with Gasteiger partial charge >= 0.3 is 0 Å². The molecule has 0 radical (unpaired) electrons. The van der Waals surface area contributed by atoms with Gasteiger partial charge in [-0.2, -0.15) is 4.98 Å². The molecule has 0 saturated heterocycles. The average molecular weight is 427 g/mol. The van der Waals surface area contributed by atoms with Crippen molar-refractivity contribution in [3.8, 4) is 0 Å². The van der Waals surface area contributed by atoms with Crippen molar-refractivity contribution >= 4 is 34.0 Å². The Morgan fingerprint density at radius 2 is 1.79 bits per heavy atom. The first-order chi connectivity index (χ1) is 13.6. The first-order valence-electron chi connectivity index (χ1n) is 9.60. The summed E-state index contributed by atoms with van der Waals surface area (Å²) in [6, 6.07) is 18.5. The number of nitrogens with two attached hydrogens (primary N) is 1. The van der Waals surface area contributed by atoms with Crippen molar-refractivity contribution in [2.24, 2.45) is 5.73 Å². The Morgan fingerprint density at radius 3 is 2.48 bits per heavy atom. The molecular formula is C22H23ClN4OS. The molecule has 4 aromatic rings. The van der Waals surface area contributed by atoms with Gasteiger partial charge in [-0.25, -0.2) is 4.98 Å². The molecule has 7 heteroatoms. The largest absolute Gasteiger partial charge is 0.338 e. The van der Waals surface area contributed by atoms with Crippen LogP contribution in [0.3, 0.4) is 0 Å². The van der Waals surface area contributed by atoms with Gasteiger partial charge in [-0.15, -0.1) is 23.7 Å². The molecule has 2 heterocycles. The van der Waals surface area contributed by atoms with E-state index < -0.39 is 11.0 Å². The number of fused-ring (bicyclic) bond motifs is 1. The molecule has 1 aliphatic rings. The van der Waals surface area contributed by atoms with Gasteiger partial charge in [0.1, 0.15) is 0 Å². The molecular weight excluding hydrogens is 404 g/mol. The fraction of sp³-hybridized carbons (Fsp3) is 0.318. The summed E-state index contributed by atoms with van der Waals surface area (Å²) in [4.78, 5) is 9.61. The third-order valence-corrected chi connectivity index (χ3v) is 6.88. The number of benzene rings is 2. The number of rotatable bonds is 5. The number of hydrogen-bond acceptors (Lipinski definition) is 6. The topological polar surface area (TPSA) is 77.8 Å². The number of aromatic nitrogens is 3. The van der Waals surface area contributed by atoms with Gasteiger partial charge in [0.25, 0.3) is 0 Å². The van der Waals surface area contributed by atoms with Crippen molar-refractivity contribution in [2.45, 2.75) is 43.6 Å². The van der Waals surface area contributed by atoms with Crippen LogP contribution in [0.25, 0.3) is 10.2 Å². The summed E-state index contributed by atoms with van der Waals surface area (Å²) in [6.45, 7) is 2.15. The second-order valence-electron chi connectivity index (χ2n) is 7.88. The Labute approximate surface area is 179 Å². The molecule has 29 heavy (non-hydrogen) atoms. The van der Waals surface area contributed by atoms with E-state index in [1.165, 1.54) is 4.70 Å². The predicted octanol–water partition coefficient (Wildman–Crippen LogP) is 4.99. The molecule has 150 valence electrons. The molecule has 0 bridgehead atoms. The van der Waals surface area contributed by atoms with Crippen LogP contribution in [0.15, 0.2) is 59.1 Å². The molecule has 5 nitrogen and oxygen atoms in total. The fourth-order valence-corrected chi connectivity index (χ4v) is 4.96. The van der Waals surface area contributed by atoms with E-state index in [1.54, 1.807) is 11.3 Å². The minimum absolute atomic E-state index is 0. The molecule has 1 atom stereocenters. The fourth-order valence-electron chi connectivity index (χ4n) is 3.84. The van der Waals surface area contributed by atoms with Crippen molar-refractivity contribution in [1.82, 2.24) is 15.1 Å². The minimum Gasteiger partial charge on any atom is -0.338 e.